The van der Waals surface area contributed by atoms with Gasteiger partial charge in [0.25, 0.3) is 0 Å². The molecule has 0 saturated carbocycles. The zero-order chi connectivity index (χ0) is 24.3. The van der Waals surface area contributed by atoms with Crippen molar-refractivity contribution in [3.05, 3.63) is 54.1 Å². The highest BCUT2D eigenvalue weighted by Crippen LogP contribution is 2.38. The summed E-state index contributed by atoms with van der Waals surface area (Å²) in [4.78, 5) is 28.1. The van der Waals surface area contributed by atoms with Crippen molar-refractivity contribution in [2.75, 3.05) is 45.2 Å². The number of hydrogen-bond donors (Lipinski definition) is 3. The second-order valence-electron chi connectivity index (χ2n) is 9.03. The van der Waals surface area contributed by atoms with Gasteiger partial charge in [-0.25, -0.2) is 4.79 Å². The molecule has 0 aliphatic carbocycles. The third-order valence-electron chi connectivity index (χ3n) is 6.67. The fourth-order valence-corrected chi connectivity index (χ4v) is 4.65. The minimum absolute atomic E-state index is 0.162. The summed E-state index contributed by atoms with van der Waals surface area (Å²) < 4.78 is 0. The van der Waals surface area contributed by atoms with Gasteiger partial charge in [0, 0.05) is 38.7 Å². The van der Waals surface area contributed by atoms with Gasteiger partial charge in [-0.1, -0.05) is 55.0 Å². The Morgan fingerprint density at radius 2 is 1.76 bits per heavy atom. The molecule has 7 nitrogen and oxygen atoms in total. The number of para-hydroxylation sites is 1. The predicted molar refractivity (Wildman–Crippen MR) is 135 cm³/mol. The Morgan fingerprint density at radius 1 is 1.03 bits per heavy atom. The highest BCUT2D eigenvalue weighted by molar-refractivity contribution is 5.92. The number of anilines is 1. The van der Waals surface area contributed by atoms with Gasteiger partial charge in [-0.05, 0) is 55.8 Å². The molecule has 0 atom stereocenters. The van der Waals surface area contributed by atoms with Gasteiger partial charge in [-0.2, -0.15) is 0 Å². The highest BCUT2D eigenvalue weighted by atomic mass is 16.4. The molecule has 1 heterocycles. The van der Waals surface area contributed by atoms with E-state index in [1.807, 2.05) is 60.5 Å². The predicted octanol–water partition coefficient (Wildman–Crippen LogP) is 4.63. The van der Waals surface area contributed by atoms with E-state index in [9.17, 15) is 14.7 Å². The van der Waals surface area contributed by atoms with Crippen LogP contribution in [0.4, 0.5) is 10.5 Å². The van der Waals surface area contributed by atoms with Crippen LogP contribution >= 0.6 is 0 Å². The average Bonchev–Trinajstić information content (AvgIpc) is 2.85. The molecule has 2 aromatic carbocycles. The molecule has 1 saturated heterocycles. The second-order valence-corrected chi connectivity index (χ2v) is 9.03. The number of nitrogens with one attached hydrogen (secondary N) is 1. The third-order valence-corrected chi connectivity index (χ3v) is 6.67. The van der Waals surface area contributed by atoms with E-state index in [2.05, 4.69) is 10.2 Å². The van der Waals surface area contributed by atoms with Gasteiger partial charge in [-0.15, -0.1) is 0 Å². The number of piperidine rings is 1. The second kappa shape index (κ2) is 13.1. The van der Waals surface area contributed by atoms with Gasteiger partial charge in [0.2, 0.25) is 5.91 Å². The zero-order valence-electron chi connectivity index (χ0n) is 20.1. The largest absolute Gasteiger partial charge is 0.465 e. The molecule has 2 aromatic rings. The molecule has 0 unspecified atom stereocenters. The van der Waals surface area contributed by atoms with Gasteiger partial charge in [0.05, 0.1) is 5.69 Å². The molecular formula is C27H37N3O4. The number of carbonyl (C=O) groups excluding carboxylic acids is 1. The van der Waals surface area contributed by atoms with Crippen LogP contribution in [0.5, 0.6) is 0 Å². The van der Waals surface area contributed by atoms with Crippen LogP contribution in [0.25, 0.3) is 11.1 Å². The maximum Gasteiger partial charge on any atom is 0.409 e. The SMILES string of the molecule is CN(CCN1CCC(c2cccc(-c3ccccc3)c2NC(=O)O)CC1)C(=O)CCCCCO. The van der Waals surface area contributed by atoms with Gasteiger partial charge in [-0.3, -0.25) is 10.1 Å². The molecule has 7 heteroatoms. The maximum atomic E-state index is 12.3. The Labute approximate surface area is 202 Å². The first-order valence-electron chi connectivity index (χ1n) is 12.2. The molecule has 1 fully saturated rings. The molecule has 0 aromatic heterocycles. The number of aliphatic hydroxyl groups is 1. The summed E-state index contributed by atoms with van der Waals surface area (Å²) in [6, 6.07) is 15.9. The molecule has 1 aliphatic rings. The topological polar surface area (TPSA) is 93.1 Å². The lowest BCUT2D eigenvalue weighted by molar-refractivity contribution is -0.130. The highest BCUT2D eigenvalue weighted by Gasteiger charge is 2.25. The van der Waals surface area contributed by atoms with Crippen LogP contribution in [0.3, 0.4) is 0 Å². The van der Waals surface area contributed by atoms with Crippen LogP contribution in [-0.4, -0.2) is 71.8 Å². The quantitative estimate of drug-likeness (QED) is 0.419. The number of benzene rings is 2. The van der Waals surface area contributed by atoms with Crippen molar-refractivity contribution in [1.29, 1.82) is 0 Å². The van der Waals surface area contributed by atoms with Crippen LogP contribution in [0, 0.1) is 0 Å². The van der Waals surface area contributed by atoms with Crippen molar-refractivity contribution in [1.82, 2.24) is 9.80 Å². The summed E-state index contributed by atoms with van der Waals surface area (Å²) in [5.41, 5.74) is 3.64. The van der Waals surface area contributed by atoms with E-state index in [4.69, 9.17) is 5.11 Å². The standard InChI is InChI=1S/C27H37N3O4/c1-29(25(32)13-6-3-7-20-31)18-19-30-16-14-22(15-17-30)24-12-8-11-23(26(24)28-27(33)34)21-9-4-2-5-10-21/h2,4-5,8-12,22,28,31H,3,6-7,13-20H2,1H3,(H,33,34). The molecule has 184 valence electrons. The summed E-state index contributed by atoms with van der Waals surface area (Å²) in [5.74, 6) is 0.447. The molecule has 3 rings (SSSR count). The first-order chi connectivity index (χ1) is 16.5. The minimum Gasteiger partial charge on any atom is -0.465 e. The lowest BCUT2D eigenvalue weighted by Crippen LogP contribution is -2.40. The van der Waals surface area contributed by atoms with E-state index in [1.54, 1.807) is 0 Å². The van der Waals surface area contributed by atoms with Crippen LogP contribution in [0.2, 0.25) is 0 Å². The van der Waals surface area contributed by atoms with E-state index in [0.29, 0.717) is 18.7 Å². The molecule has 0 radical (unpaired) electrons. The number of aliphatic hydroxyl groups excluding tert-OH is 1. The maximum absolute atomic E-state index is 12.3. The normalized spacial score (nSPS) is 14.6. The van der Waals surface area contributed by atoms with E-state index in [1.165, 1.54) is 0 Å². The first kappa shape index (κ1) is 25.7. The van der Waals surface area contributed by atoms with E-state index in [-0.39, 0.29) is 18.4 Å². The minimum atomic E-state index is -1.05. The van der Waals surface area contributed by atoms with Crippen molar-refractivity contribution in [3.63, 3.8) is 0 Å². The number of rotatable bonds is 11. The summed E-state index contributed by atoms with van der Waals surface area (Å²) in [6.45, 7) is 3.58. The van der Waals surface area contributed by atoms with Crippen LogP contribution in [0.15, 0.2) is 48.5 Å². The fourth-order valence-electron chi connectivity index (χ4n) is 4.65. The van der Waals surface area contributed by atoms with Crippen molar-refractivity contribution in [2.24, 2.45) is 0 Å². The summed E-state index contributed by atoms with van der Waals surface area (Å²) >= 11 is 0. The monoisotopic (exact) mass is 467 g/mol. The summed E-state index contributed by atoms with van der Waals surface area (Å²) in [6.07, 6.45) is 3.85. The number of nitrogens with zero attached hydrogens (tertiary/aromatic N) is 2. The van der Waals surface area contributed by atoms with Crippen LogP contribution < -0.4 is 5.32 Å². The number of carboxylic acid groups (broad SMARTS) is 1. The average molecular weight is 468 g/mol. The molecule has 34 heavy (non-hydrogen) atoms. The molecule has 2 amide bonds. The Hall–Kier alpha value is -2.90. The van der Waals surface area contributed by atoms with Crippen molar-refractivity contribution >= 4 is 17.7 Å². The number of carbonyl (C=O) groups is 2. The molecular weight excluding hydrogens is 430 g/mol. The number of likely N-dealkylation sites (tertiary alicyclic amines) is 1. The lowest BCUT2D eigenvalue weighted by Gasteiger charge is -2.34. The smallest absolute Gasteiger partial charge is 0.409 e. The lowest BCUT2D eigenvalue weighted by atomic mass is 9.86. The third kappa shape index (κ3) is 7.30. The van der Waals surface area contributed by atoms with Crippen LogP contribution in [0.1, 0.15) is 50.0 Å². The number of amides is 2. The van der Waals surface area contributed by atoms with Crippen molar-refractivity contribution in [3.8, 4) is 11.1 Å². The Bertz CT molecular complexity index is 927. The van der Waals surface area contributed by atoms with Gasteiger partial charge < -0.3 is 20.0 Å². The van der Waals surface area contributed by atoms with Gasteiger partial charge >= 0.3 is 6.09 Å². The Balaban J connectivity index is 1.57. The van der Waals surface area contributed by atoms with Crippen molar-refractivity contribution < 1.29 is 19.8 Å². The van der Waals surface area contributed by atoms with E-state index < -0.39 is 6.09 Å². The van der Waals surface area contributed by atoms with E-state index in [0.717, 1.165) is 68.4 Å². The van der Waals surface area contributed by atoms with Crippen LogP contribution in [-0.2, 0) is 4.79 Å². The molecule has 0 spiro atoms. The number of likely N-dealkylation sites (N-methyl/N-ethyl adjacent to an activating group) is 1. The summed E-state index contributed by atoms with van der Waals surface area (Å²) in [5, 5.41) is 21.0. The Morgan fingerprint density at radius 3 is 2.44 bits per heavy atom. The molecule has 1 aliphatic heterocycles. The van der Waals surface area contributed by atoms with Gasteiger partial charge in [0.15, 0.2) is 0 Å². The molecule has 0 bridgehead atoms. The number of hydrogen-bond acceptors (Lipinski definition) is 4. The Kier molecular flexibility index (Phi) is 9.91. The van der Waals surface area contributed by atoms with E-state index >= 15 is 0 Å². The van der Waals surface area contributed by atoms with Crippen molar-refractivity contribution in [2.45, 2.75) is 44.4 Å². The summed E-state index contributed by atoms with van der Waals surface area (Å²) in [7, 11) is 1.86. The fraction of sp³-hybridized carbons (Fsp3) is 0.481. The zero-order valence-corrected chi connectivity index (χ0v) is 20.1. The molecule has 3 N–H and O–H groups in total. The van der Waals surface area contributed by atoms with Gasteiger partial charge in [0.1, 0.15) is 0 Å². The first-order valence-corrected chi connectivity index (χ1v) is 12.2. The number of unbranched alkanes of at least 4 members (excludes halogenated alkanes) is 2.